The molecule has 1 aromatic carbocycles. The van der Waals surface area contributed by atoms with Crippen molar-refractivity contribution in [1.82, 2.24) is 10.2 Å². The maximum Gasteiger partial charge on any atom is 0.276 e. The van der Waals surface area contributed by atoms with Crippen LogP contribution in [0.2, 0.25) is 0 Å². The molecule has 7 nitrogen and oxygen atoms in total. The summed E-state index contributed by atoms with van der Waals surface area (Å²) in [6, 6.07) is 10.6. The fraction of sp³-hybridized carbons (Fsp3) is 0.421. The Morgan fingerprint density at radius 3 is 2.65 bits per heavy atom. The third-order valence-corrected chi connectivity index (χ3v) is 3.92. The summed E-state index contributed by atoms with van der Waals surface area (Å²) in [4.78, 5) is 12.3. The van der Waals surface area contributed by atoms with Gasteiger partial charge in [0.25, 0.3) is 5.91 Å². The minimum atomic E-state index is -0.305. The molecule has 7 heteroatoms. The minimum absolute atomic E-state index is 0.109. The monoisotopic (exact) mass is 356 g/mol. The molecule has 0 bridgehead atoms. The first-order valence-electron chi connectivity index (χ1n) is 8.87. The van der Waals surface area contributed by atoms with Crippen LogP contribution in [0, 0.1) is 0 Å². The number of nitrogens with zero attached hydrogens (tertiary/aromatic N) is 2. The van der Waals surface area contributed by atoms with E-state index in [0.717, 1.165) is 25.2 Å². The zero-order valence-electron chi connectivity index (χ0n) is 15.1. The largest absolute Gasteiger partial charge is 0.491 e. The average molecular weight is 356 g/mol. The predicted octanol–water partition coefficient (Wildman–Crippen LogP) is 3.11. The lowest BCUT2D eigenvalue weighted by molar-refractivity contribution is 0.102. The lowest BCUT2D eigenvalue weighted by atomic mass is 10.2. The topological polar surface area (TPSA) is 85.4 Å². The van der Waals surface area contributed by atoms with Gasteiger partial charge >= 0.3 is 0 Å². The Morgan fingerprint density at radius 1 is 1.23 bits per heavy atom. The number of hydrogen-bond acceptors (Lipinski definition) is 6. The van der Waals surface area contributed by atoms with Crippen molar-refractivity contribution in [3.05, 3.63) is 42.1 Å². The van der Waals surface area contributed by atoms with Crippen molar-refractivity contribution < 1.29 is 14.3 Å². The van der Waals surface area contributed by atoms with Crippen molar-refractivity contribution in [3.63, 3.8) is 0 Å². The number of nitrogens with one attached hydrogen (secondary N) is 2. The van der Waals surface area contributed by atoms with Crippen molar-refractivity contribution in [2.75, 3.05) is 23.8 Å². The average Bonchev–Trinajstić information content (AvgIpc) is 3.15. The van der Waals surface area contributed by atoms with Gasteiger partial charge in [0.15, 0.2) is 5.69 Å². The van der Waals surface area contributed by atoms with Gasteiger partial charge in [0.1, 0.15) is 11.6 Å². The Morgan fingerprint density at radius 2 is 2.04 bits per heavy atom. The van der Waals surface area contributed by atoms with Crippen molar-refractivity contribution in [1.29, 1.82) is 0 Å². The van der Waals surface area contributed by atoms with E-state index >= 15 is 0 Å². The molecular formula is C19H24N4O3. The fourth-order valence-corrected chi connectivity index (χ4v) is 2.66. The third kappa shape index (κ3) is 5.16. The van der Waals surface area contributed by atoms with Crippen molar-refractivity contribution >= 4 is 17.4 Å². The van der Waals surface area contributed by atoms with E-state index in [1.54, 1.807) is 24.3 Å². The van der Waals surface area contributed by atoms with E-state index in [4.69, 9.17) is 9.47 Å². The number of carbonyl (C=O) groups excluding carboxylic acids is 1. The Hall–Kier alpha value is -2.67. The van der Waals surface area contributed by atoms with Gasteiger partial charge in [0.05, 0.1) is 12.2 Å². The summed E-state index contributed by atoms with van der Waals surface area (Å²) in [5, 5.41) is 14.0. The van der Waals surface area contributed by atoms with Crippen LogP contribution >= 0.6 is 0 Å². The molecule has 1 aliphatic rings. The molecule has 1 atom stereocenters. The van der Waals surface area contributed by atoms with Crippen LogP contribution < -0.4 is 15.4 Å². The molecule has 0 radical (unpaired) electrons. The van der Waals surface area contributed by atoms with E-state index < -0.39 is 0 Å². The summed E-state index contributed by atoms with van der Waals surface area (Å²) in [5.41, 5.74) is 0.934. The molecule has 1 fully saturated rings. The van der Waals surface area contributed by atoms with Crippen molar-refractivity contribution in [2.24, 2.45) is 0 Å². The fourth-order valence-electron chi connectivity index (χ4n) is 2.66. The van der Waals surface area contributed by atoms with Gasteiger partial charge in [-0.1, -0.05) is 0 Å². The predicted molar refractivity (Wildman–Crippen MR) is 99.7 cm³/mol. The number of ether oxygens (including phenoxy) is 2. The molecule has 1 aromatic heterocycles. The van der Waals surface area contributed by atoms with E-state index in [2.05, 4.69) is 20.8 Å². The van der Waals surface area contributed by atoms with Gasteiger partial charge in [-0.05, 0) is 63.1 Å². The quantitative estimate of drug-likeness (QED) is 0.793. The zero-order valence-corrected chi connectivity index (χ0v) is 15.1. The number of amides is 1. The number of aromatic nitrogens is 2. The van der Waals surface area contributed by atoms with E-state index in [1.807, 2.05) is 26.0 Å². The molecular weight excluding hydrogens is 332 g/mol. The third-order valence-electron chi connectivity index (χ3n) is 3.92. The highest BCUT2D eigenvalue weighted by Crippen LogP contribution is 2.17. The number of rotatable bonds is 7. The van der Waals surface area contributed by atoms with Crippen LogP contribution in [-0.2, 0) is 4.74 Å². The van der Waals surface area contributed by atoms with Crippen molar-refractivity contribution in [2.45, 2.75) is 38.9 Å². The van der Waals surface area contributed by atoms with Gasteiger partial charge in [0.2, 0.25) is 0 Å². The summed E-state index contributed by atoms with van der Waals surface area (Å²) >= 11 is 0. The first-order chi connectivity index (χ1) is 12.6. The normalized spacial score (nSPS) is 16.5. The Bertz CT molecular complexity index is 711. The summed E-state index contributed by atoms with van der Waals surface area (Å²) < 4.78 is 11.1. The molecule has 2 heterocycles. The van der Waals surface area contributed by atoms with Gasteiger partial charge < -0.3 is 20.1 Å². The van der Waals surface area contributed by atoms with Gasteiger partial charge in [0, 0.05) is 18.8 Å². The summed E-state index contributed by atoms with van der Waals surface area (Å²) in [7, 11) is 0. The summed E-state index contributed by atoms with van der Waals surface area (Å²) in [5.74, 6) is 1.09. The van der Waals surface area contributed by atoms with Gasteiger partial charge in [-0.3, -0.25) is 4.79 Å². The van der Waals surface area contributed by atoms with Crippen LogP contribution in [0.1, 0.15) is 37.2 Å². The second-order valence-corrected chi connectivity index (χ2v) is 6.46. The van der Waals surface area contributed by atoms with Crippen LogP contribution in [0.25, 0.3) is 0 Å². The van der Waals surface area contributed by atoms with Crippen molar-refractivity contribution in [3.8, 4) is 5.75 Å². The maximum atomic E-state index is 12.3. The van der Waals surface area contributed by atoms with Crippen LogP contribution in [0.15, 0.2) is 36.4 Å². The first kappa shape index (κ1) is 18.1. The molecule has 1 saturated heterocycles. The van der Waals surface area contributed by atoms with E-state index in [-0.39, 0.29) is 23.8 Å². The lowest BCUT2D eigenvalue weighted by Gasteiger charge is -2.11. The first-order valence-corrected chi connectivity index (χ1v) is 8.87. The van der Waals surface area contributed by atoms with Gasteiger partial charge in [-0.15, -0.1) is 10.2 Å². The molecule has 2 N–H and O–H groups in total. The molecule has 1 unspecified atom stereocenters. The molecule has 0 saturated carbocycles. The highest BCUT2D eigenvalue weighted by Gasteiger charge is 2.15. The highest BCUT2D eigenvalue weighted by molar-refractivity contribution is 6.02. The Labute approximate surface area is 153 Å². The number of hydrogen-bond donors (Lipinski definition) is 2. The molecule has 2 aromatic rings. The molecule has 0 aliphatic carbocycles. The van der Waals surface area contributed by atoms with E-state index in [9.17, 15) is 4.79 Å². The second kappa shape index (κ2) is 8.62. The van der Waals surface area contributed by atoms with E-state index in [0.29, 0.717) is 18.1 Å². The van der Waals surface area contributed by atoms with Crippen LogP contribution in [0.3, 0.4) is 0 Å². The van der Waals surface area contributed by atoms with Crippen LogP contribution in [0.4, 0.5) is 11.5 Å². The SMILES string of the molecule is CC(C)Oc1ccc(NC(=O)c2ccc(NCC3CCCO3)nn2)cc1. The van der Waals surface area contributed by atoms with Crippen LogP contribution in [0.5, 0.6) is 5.75 Å². The minimum Gasteiger partial charge on any atom is -0.491 e. The number of anilines is 2. The Kier molecular flexibility index (Phi) is 6.01. The second-order valence-electron chi connectivity index (χ2n) is 6.46. The van der Waals surface area contributed by atoms with Crippen LogP contribution in [-0.4, -0.2) is 41.5 Å². The molecule has 1 aliphatic heterocycles. The summed E-state index contributed by atoms with van der Waals surface area (Å²) in [6.07, 6.45) is 2.49. The number of carbonyl (C=O) groups is 1. The molecule has 0 spiro atoms. The molecule has 138 valence electrons. The van der Waals surface area contributed by atoms with Gasteiger partial charge in [-0.25, -0.2) is 0 Å². The lowest BCUT2D eigenvalue weighted by Crippen LogP contribution is -2.20. The molecule has 26 heavy (non-hydrogen) atoms. The van der Waals surface area contributed by atoms with Gasteiger partial charge in [-0.2, -0.15) is 0 Å². The smallest absolute Gasteiger partial charge is 0.276 e. The number of benzene rings is 1. The zero-order chi connectivity index (χ0) is 18.4. The van der Waals surface area contributed by atoms with E-state index in [1.165, 1.54) is 0 Å². The molecule has 3 rings (SSSR count). The molecule has 1 amide bonds. The highest BCUT2D eigenvalue weighted by atomic mass is 16.5. The Balaban J connectivity index is 1.52. The standard InChI is InChI=1S/C19H24N4O3/c1-13(2)26-15-7-5-14(6-8-15)21-19(24)17-9-10-18(23-22-17)20-12-16-4-3-11-25-16/h5-10,13,16H,3-4,11-12H2,1-2H3,(H,20,23)(H,21,24). The maximum absolute atomic E-state index is 12.3. The summed E-state index contributed by atoms with van der Waals surface area (Å²) in [6.45, 7) is 5.45.